The van der Waals surface area contributed by atoms with Gasteiger partial charge >= 0.3 is 5.97 Å². The molecule has 1 amide bonds. The normalized spacial score (nSPS) is 10.5. The lowest BCUT2D eigenvalue weighted by Gasteiger charge is -2.12. The van der Waals surface area contributed by atoms with Crippen LogP contribution in [-0.4, -0.2) is 49.6 Å². The fourth-order valence-corrected chi connectivity index (χ4v) is 2.40. The smallest absolute Gasteiger partial charge is 0.335 e. The molecule has 7 nitrogen and oxygen atoms in total. The molecule has 7 heteroatoms. The van der Waals surface area contributed by atoms with Crippen LogP contribution in [0.3, 0.4) is 0 Å². The van der Waals surface area contributed by atoms with Crippen LogP contribution >= 0.6 is 0 Å². The van der Waals surface area contributed by atoms with Gasteiger partial charge in [-0.1, -0.05) is 6.07 Å². The number of benzene rings is 2. The van der Waals surface area contributed by atoms with Crippen molar-refractivity contribution >= 4 is 23.3 Å². The Balaban J connectivity index is 2.06. The molecule has 0 heterocycles. The van der Waals surface area contributed by atoms with Crippen molar-refractivity contribution in [2.24, 2.45) is 0 Å². The summed E-state index contributed by atoms with van der Waals surface area (Å²) in [4.78, 5) is 24.8. The molecule has 0 unspecified atom stereocenters. The predicted octanol–water partition coefficient (Wildman–Crippen LogP) is 2.51. The Morgan fingerprint density at radius 2 is 1.85 bits per heavy atom. The molecule has 0 aliphatic rings. The highest BCUT2D eigenvalue weighted by Crippen LogP contribution is 2.20. The second-order valence-electron chi connectivity index (χ2n) is 6.10. The van der Waals surface area contributed by atoms with Crippen molar-refractivity contribution in [1.82, 2.24) is 4.90 Å². The highest BCUT2D eigenvalue weighted by molar-refractivity contribution is 5.92. The summed E-state index contributed by atoms with van der Waals surface area (Å²) in [7, 11) is 5.16. The lowest BCUT2D eigenvalue weighted by atomic mass is 10.1. The molecule has 0 bridgehead atoms. The molecule has 26 heavy (non-hydrogen) atoms. The van der Waals surface area contributed by atoms with Crippen molar-refractivity contribution in [3.8, 4) is 5.75 Å². The van der Waals surface area contributed by atoms with E-state index < -0.39 is 5.97 Å². The molecule has 0 radical (unpaired) electrons. The van der Waals surface area contributed by atoms with Gasteiger partial charge in [0.15, 0.2) is 0 Å². The molecular weight excluding hydrogens is 334 g/mol. The summed E-state index contributed by atoms with van der Waals surface area (Å²) in [5, 5.41) is 15.2. The Labute approximate surface area is 152 Å². The van der Waals surface area contributed by atoms with Crippen LogP contribution in [-0.2, 0) is 11.3 Å². The quantitative estimate of drug-likeness (QED) is 0.672. The van der Waals surface area contributed by atoms with E-state index in [0.717, 1.165) is 11.3 Å². The van der Waals surface area contributed by atoms with Gasteiger partial charge in [0.2, 0.25) is 5.91 Å². The summed E-state index contributed by atoms with van der Waals surface area (Å²) in [5.41, 5.74) is 2.46. The monoisotopic (exact) mass is 357 g/mol. The van der Waals surface area contributed by atoms with Crippen molar-refractivity contribution in [2.45, 2.75) is 6.54 Å². The first-order valence-corrected chi connectivity index (χ1v) is 8.07. The minimum absolute atomic E-state index is 0.0916. The molecular formula is C19H23N3O4. The summed E-state index contributed by atoms with van der Waals surface area (Å²) in [5.74, 6) is -0.604. The molecule has 0 spiro atoms. The summed E-state index contributed by atoms with van der Waals surface area (Å²) in [6.45, 7) is 0.728. The van der Waals surface area contributed by atoms with Crippen LogP contribution in [0.5, 0.6) is 5.75 Å². The van der Waals surface area contributed by atoms with E-state index in [1.165, 1.54) is 13.2 Å². The average molecular weight is 357 g/mol. The Morgan fingerprint density at radius 1 is 1.12 bits per heavy atom. The fourth-order valence-electron chi connectivity index (χ4n) is 2.40. The highest BCUT2D eigenvalue weighted by atomic mass is 16.5. The topological polar surface area (TPSA) is 90.9 Å². The van der Waals surface area contributed by atoms with E-state index in [-0.39, 0.29) is 11.5 Å². The van der Waals surface area contributed by atoms with Gasteiger partial charge in [0.25, 0.3) is 0 Å². The Kier molecular flexibility index (Phi) is 6.57. The summed E-state index contributed by atoms with van der Waals surface area (Å²) in [6, 6.07) is 12.2. The van der Waals surface area contributed by atoms with E-state index in [9.17, 15) is 14.7 Å². The zero-order valence-corrected chi connectivity index (χ0v) is 15.1. The summed E-state index contributed by atoms with van der Waals surface area (Å²) in [6.07, 6.45) is 0. The van der Waals surface area contributed by atoms with Gasteiger partial charge in [0.05, 0.1) is 19.2 Å². The third kappa shape index (κ3) is 5.78. The molecule has 0 saturated carbocycles. The number of carboxylic acid groups (broad SMARTS) is 1. The molecule has 0 atom stereocenters. The predicted molar refractivity (Wildman–Crippen MR) is 101 cm³/mol. The first-order chi connectivity index (χ1) is 12.4. The third-order valence-corrected chi connectivity index (χ3v) is 3.55. The van der Waals surface area contributed by atoms with E-state index in [1.807, 2.05) is 38.4 Å². The van der Waals surface area contributed by atoms with Crippen molar-refractivity contribution in [3.05, 3.63) is 53.6 Å². The second-order valence-corrected chi connectivity index (χ2v) is 6.10. The maximum Gasteiger partial charge on any atom is 0.335 e. The van der Waals surface area contributed by atoms with Gasteiger partial charge in [0.1, 0.15) is 5.75 Å². The number of carboxylic acids is 1. The van der Waals surface area contributed by atoms with E-state index in [0.29, 0.717) is 24.5 Å². The van der Waals surface area contributed by atoms with Gasteiger partial charge in [-0.2, -0.15) is 0 Å². The van der Waals surface area contributed by atoms with Crippen LogP contribution in [0.4, 0.5) is 11.4 Å². The number of nitrogens with zero attached hydrogens (tertiary/aromatic N) is 1. The first kappa shape index (κ1) is 19.3. The third-order valence-electron chi connectivity index (χ3n) is 3.55. The maximum absolute atomic E-state index is 11.8. The van der Waals surface area contributed by atoms with Crippen molar-refractivity contribution < 1.29 is 19.4 Å². The van der Waals surface area contributed by atoms with Gasteiger partial charge in [-0.25, -0.2) is 4.79 Å². The molecule has 138 valence electrons. The van der Waals surface area contributed by atoms with Gasteiger partial charge < -0.3 is 25.4 Å². The van der Waals surface area contributed by atoms with Crippen LogP contribution in [0.15, 0.2) is 42.5 Å². The van der Waals surface area contributed by atoms with Gasteiger partial charge in [-0.15, -0.1) is 0 Å². The van der Waals surface area contributed by atoms with Gasteiger partial charge in [0, 0.05) is 17.9 Å². The lowest BCUT2D eigenvalue weighted by Crippen LogP contribution is -2.27. The number of rotatable bonds is 8. The molecule has 0 fully saturated rings. The summed E-state index contributed by atoms with van der Waals surface area (Å²) >= 11 is 0. The van der Waals surface area contributed by atoms with Crippen LogP contribution < -0.4 is 15.4 Å². The number of ether oxygens (including phenoxy) is 1. The molecule has 2 rings (SSSR count). The number of hydrogen-bond acceptors (Lipinski definition) is 5. The standard InChI is InChI=1S/C19H23N3O4/c1-22(2)12-18(23)21-16-6-4-5-15(10-16)20-11-13-7-14(19(24)25)9-17(8-13)26-3/h4-10,20H,11-12H2,1-3H3,(H,21,23)(H,24,25). The van der Waals surface area contributed by atoms with Crippen molar-refractivity contribution in [3.63, 3.8) is 0 Å². The number of hydrogen-bond donors (Lipinski definition) is 3. The minimum atomic E-state index is -1.00. The van der Waals surface area contributed by atoms with Crippen LogP contribution in [0.1, 0.15) is 15.9 Å². The van der Waals surface area contributed by atoms with Crippen LogP contribution in [0.2, 0.25) is 0 Å². The number of nitrogens with one attached hydrogen (secondary N) is 2. The van der Waals surface area contributed by atoms with E-state index in [1.54, 1.807) is 17.0 Å². The van der Waals surface area contributed by atoms with Crippen molar-refractivity contribution in [2.75, 3.05) is 38.4 Å². The number of likely N-dealkylation sites (N-methyl/N-ethyl adjacent to an activating group) is 1. The zero-order valence-electron chi connectivity index (χ0n) is 15.1. The molecule has 3 N–H and O–H groups in total. The van der Waals surface area contributed by atoms with Crippen LogP contribution in [0, 0.1) is 0 Å². The zero-order chi connectivity index (χ0) is 19.1. The molecule has 0 aliphatic heterocycles. The molecule has 2 aromatic rings. The average Bonchev–Trinajstić information content (AvgIpc) is 2.59. The Bertz CT molecular complexity index is 790. The molecule has 2 aromatic carbocycles. The minimum Gasteiger partial charge on any atom is -0.497 e. The number of methoxy groups -OCH3 is 1. The number of anilines is 2. The molecule has 0 aliphatic carbocycles. The molecule has 0 saturated heterocycles. The number of carbonyl (C=O) groups is 2. The van der Waals surface area contributed by atoms with Gasteiger partial charge in [-0.3, -0.25) is 4.79 Å². The van der Waals surface area contributed by atoms with E-state index in [4.69, 9.17) is 4.74 Å². The van der Waals surface area contributed by atoms with Crippen molar-refractivity contribution in [1.29, 1.82) is 0 Å². The highest BCUT2D eigenvalue weighted by Gasteiger charge is 2.08. The number of aromatic carboxylic acids is 1. The Hall–Kier alpha value is -3.06. The van der Waals surface area contributed by atoms with Crippen LogP contribution in [0.25, 0.3) is 0 Å². The summed E-state index contributed by atoms with van der Waals surface area (Å²) < 4.78 is 5.15. The lowest BCUT2D eigenvalue weighted by molar-refractivity contribution is -0.116. The van der Waals surface area contributed by atoms with E-state index in [2.05, 4.69) is 10.6 Å². The largest absolute Gasteiger partial charge is 0.497 e. The Morgan fingerprint density at radius 3 is 2.50 bits per heavy atom. The van der Waals surface area contributed by atoms with Gasteiger partial charge in [-0.05, 0) is 56.1 Å². The maximum atomic E-state index is 11.8. The second kappa shape index (κ2) is 8.87. The van der Waals surface area contributed by atoms with E-state index >= 15 is 0 Å². The number of amides is 1. The number of carbonyl (C=O) groups excluding carboxylic acids is 1. The fraction of sp³-hybridized carbons (Fsp3) is 0.263. The molecule has 0 aromatic heterocycles. The SMILES string of the molecule is COc1cc(CNc2cccc(NC(=O)CN(C)C)c2)cc(C(=O)O)c1. The first-order valence-electron chi connectivity index (χ1n) is 8.07.